The minimum atomic E-state index is -0.922. The molecule has 0 radical (unpaired) electrons. The van der Waals surface area contributed by atoms with Crippen molar-refractivity contribution in [2.75, 3.05) is 31.5 Å². The Hall–Kier alpha value is -2.57. The van der Waals surface area contributed by atoms with E-state index in [1.54, 1.807) is 29.2 Å². The number of carboxylic acids is 1. The molecule has 2 amide bonds. The molecule has 1 aliphatic rings. The smallest absolute Gasteiger partial charge is 0.335 e. The maximum Gasteiger partial charge on any atom is 0.335 e. The van der Waals surface area contributed by atoms with Crippen LogP contribution in [-0.4, -0.2) is 53.1 Å². The number of hydrogen-bond donors (Lipinski definition) is 2. The fraction of sp³-hybridized carbons (Fsp3) is 0.300. The molecule has 27 heavy (non-hydrogen) atoms. The zero-order valence-corrected chi connectivity index (χ0v) is 15.9. The summed E-state index contributed by atoms with van der Waals surface area (Å²) in [5, 5.41) is 12.6. The monoisotopic (exact) mass is 387 g/mol. The van der Waals surface area contributed by atoms with E-state index < -0.39 is 5.97 Å². The Morgan fingerprint density at radius 3 is 2.52 bits per heavy atom. The van der Waals surface area contributed by atoms with Gasteiger partial charge < -0.3 is 15.3 Å². The second-order valence-electron chi connectivity index (χ2n) is 6.66. The summed E-state index contributed by atoms with van der Waals surface area (Å²) in [5.41, 5.74) is 2.91. The van der Waals surface area contributed by atoms with Crippen LogP contribution in [0.25, 0.3) is 0 Å². The first-order valence-corrected chi connectivity index (χ1v) is 9.17. The molecule has 3 rings (SSSR count). The number of rotatable bonds is 4. The molecule has 0 atom stereocenters. The van der Waals surface area contributed by atoms with Crippen LogP contribution in [0, 0.1) is 6.92 Å². The summed E-state index contributed by atoms with van der Waals surface area (Å²) in [7, 11) is 0. The van der Waals surface area contributed by atoms with Gasteiger partial charge in [0.05, 0.1) is 5.56 Å². The van der Waals surface area contributed by atoms with Crippen LogP contribution in [0.5, 0.6) is 0 Å². The van der Waals surface area contributed by atoms with E-state index in [-0.39, 0.29) is 6.03 Å². The number of nitrogens with one attached hydrogen (secondary N) is 1. The van der Waals surface area contributed by atoms with Crippen molar-refractivity contribution in [1.82, 2.24) is 9.80 Å². The number of benzene rings is 2. The first kappa shape index (κ1) is 19.2. The zero-order valence-electron chi connectivity index (χ0n) is 15.1. The maximum absolute atomic E-state index is 12.4. The highest BCUT2D eigenvalue weighted by Gasteiger charge is 2.21. The van der Waals surface area contributed by atoms with Gasteiger partial charge in [-0.05, 0) is 42.3 Å². The molecule has 0 bridgehead atoms. The molecule has 6 nitrogen and oxygen atoms in total. The highest BCUT2D eigenvalue weighted by Crippen LogP contribution is 2.20. The van der Waals surface area contributed by atoms with Crippen molar-refractivity contribution in [2.45, 2.75) is 13.5 Å². The molecular formula is C20H22ClN3O3. The van der Waals surface area contributed by atoms with Gasteiger partial charge >= 0.3 is 12.0 Å². The number of aryl methyl sites for hydroxylation is 1. The molecule has 1 heterocycles. The summed E-state index contributed by atoms with van der Waals surface area (Å²) < 4.78 is 0. The zero-order chi connectivity index (χ0) is 19.4. The number of halogens is 1. The van der Waals surface area contributed by atoms with Crippen LogP contribution in [0.3, 0.4) is 0 Å². The summed E-state index contributed by atoms with van der Waals surface area (Å²) in [4.78, 5) is 27.5. The second-order valence-corrected chi connectivity index (χ2v) is 7.07. The molecule has 2 N–H and O–H groups in total. The van der Waals surface area contributed by atoms with Crippen molar-refractivity contribution >= 4 is 29.3 Å². The Morgan fingerprint density at radius 1 is 1.11 bits per heavy atom. The van der Waals surface area contributed by atoms with Crippen LogP contribution < -0.4 is 5.32 Å². The number of carboxylic acid groups (broad SMARTS) is 1. The first-order chi connectivity index (χ1) is 12.9. The minimum absolute atomic E-state index is 0.137. The van der Waals surface area contributed by atoms with Crippen LogP contribution >= 0.6 is 11.6 Å². The number of aromatic carboxylic acids is 1. The van der Waals surface area contributed by atoms with E-state index in [4.69, 9.17) is 16.7 Å². The number of urea groups is 1. The summed E-state index contributed by atoms with van der Waals surface area (Å²) in [6, 6.07) is 12.3. The van der Waals surface area contributed by atoms with Gasteiger partial charge in [-0.2, -0.15) is 0 Å². The molecule has 0 unspecified atom stereocenters. The molecule has 142 valence electrons. The molecule has 1 fully saturated rings. The minimum Gasteiger partial charge on any atom is -0.478 e. The largest absolute Gasteiger partial charge is 0.478 e. The van der Waals surface area contributed by atoms with Crippen molar-refractivity contribution in [3.63, 3.8) is 0 Å². The van der Waals surface area contributed by atoms with Crippen molar-refractivity contribution in [1.29, 1.82) is 0 Å². The normalized spacial score (nSPS) is 14.8. The number of amides is 2. The van der Waals surface area contributed by atoms with Gasteiger partial charge in [-0.3, -0.25) is 4.90 Å². The van der Waals surface area contributed by atoms with Crippen molar-refractivity contribution in [3.8, 4) is 0 Å². The molecule has 2 aromatic carbocycles. The summed E-state index contributed by atoms with van der Waals surface area (Å²) >= 11 is 6.10. The van der Waals surface area contributed by atoms with Gasteiger partial charge in [-0.1, -0.05) is 29.8 Å². The molecule has 1 aliphatic heterocycles. The van der Waals surface area contributed by atoms with Gasteiger partial charge in [0.2, 0.25) is 0 Å². The lowest BCUT2D eigenvalue weighted by atomic mass is 10.1. The fourth-order valence-electron chi connectivity index (χ4n) is 3.04. The third-order valence-electron chi connectivity index (χ3n) is 4.66. The van der Waals surface area contributed by atoms with Gasteiger partial charge in [-0.15, -0.1) is 0 Å². The summed E-state index contributed by atoms with van der Waals surface area (Å²) in [6.45, 7) is 5.29. The predicted octanol–water partition coefficient (Wildman–Crippen LogP) is 3.70. The van der Waals surface area contributed by atoms with Crippen LogP contribution in [0.2, 0.25) is 5.02 Å². The molecule has 7 heteroatoms. The van der Waals surface area contributed by atoms with Gasteiger partial charge in [0.15, 0.2) is 0 Å². The molecular weight excluding hydrogens is 366 g/mol. The maximum atomic E-state index is 12.4. The third kappa shape index (κ3) is 4.99. The lowest BCUT2D eigenvalue weighted by Gasteiger charge is -2.34. The quantitative estimate of drug-likeness (QED) is 0.839. The third-order valence-corrected chi connectivity index (χ3v) is 5.07. The lowest BCUT2D eigenvalue weighted by molar-refractivity contribution is 0.0696. The Bertz CT molecular complexity index is 848. The summed E-state index contributed by atoms with van der Waals surface area (Å²) in [6.07, 6.45) is 0. The number of carbonyl (C=O) groups excluding carboxylic acids is 1. The molecule has 1 saturated heterocycles. The van der Waals surface area contributed by atoms with Crippen LogP contribution in [0.15, 0.2) is 42.5 Å². The summed E-state index contributed by atoms with van der Waals surface area (Å²) in [5.74, 6) is -0.922. The van der Waals surface area contributed by atoms with Gasteiger partial charge in [-0.25, -0.2) is 9.59 Å². The standard InChI is InChI=1S/C20H22ClN3O3/c1-14-5-6-17(12-18(14)21)22-20(27)24-9-7-23(8-10-24)13-15-3-2-4-16(11-15)19(25)26/h2-6,11-12H,7-10,13H2,1H3,(H,22,27)(H,25,26). The van der Waals surface area contributed by atoms with E-state index in [1.807, 2.05) is 25.1 Å². The van der Waals surface area contributed by atoms with E-state index in [1.165, 1.54) is 0 Å². The predicted molar refractivity (Wildman–Crippen MR) is 105 cm³/mol. The average Bonchev–Trinajstić information content (AvgIpc) is 2.65. The van der Waals surface area contributed by atoms with Gasteiger partial charge in [0.25, 0.3) is 0 Å². The van der Waals surface area contributed by atoms with E-state index in [0.29, 0.717) is 35.9 Å². The average molecular weight is 388 g/mol. The van der Waals surface area contributed by atoms with Crippen LogP contribution in [0.1, 0.15) is 21.5 Å². The van der Waals surface area contributed by atoms with Crippen LogP contribution in [-0.2, 0) is 6.54 Å². The Labute approximate surface area is 163 Å². The van der Waals surface area contributed by atoms with Crippen molar-refractivity contribution < 1.29 is 14.7 Å². The highest BCUT2D eigenvalue weighted by molar-refractivity contribution is 6.31. The number of hydrogen-bond acceptors (Lipinski definition) is 3. The molecule has 0 spiro atoms. The number of anilines is 1. The van der Waals surface area contributed by atoms with Crippen molar-refractivity contribution in [3.05, 3.63) is 64.2 Å². The highest BCUT2D eigenvalue weighted by atomic mass is 35.5. The molecule has 0 aliphatic carbocycles. The van der Waals surface area contributed by atoms with E-state index in [2.05, 4.69) is 10.2 Å². The van der Waals surface area contributed by atoms with E-state index in [9.17, 15) is 9.59 Å². The lowest BCUT2D eigenvalue weighted by Crippen LogP contribution is -2.49. The van der Waals surface area contributed by atoms with Gasteiger partial charge in [0.1, 0.15) is 0 Å². The Morgan fingerprint density at radius 2 is 1.85 bits per heavy atom. The van der Waals surface area contributed by atoms with E-state index in [0.717, 1.165) is 24.2 Å². The van der Waals surface area contributed by atoms with Gasteiger partial charge in [0, 0.05) is 43.4 Å². The molecule has 2 aromatic rings. The SMILES string of the molecule is Cc1ccc(NC(=O)N2CCN(Cc3cccc(C(=O)O)c3)CC2)cc1Cl. The fourth-order valence-corrected chi connectivity index (χ4v) is 3.22. The van der Waals surface area contributed by atoms with Crippen LogP contribution in [0.4, 0.5) is 10.5 Å². The molecule has 0 aromatic heterocycles. The number of nitrogens with zero attached hydrogens (tertiary/aromatic N) is 2. The topological polar surface area (TPSA) is 72.9 Å². The molecule has 0 saturated carbocycles. The first-order valence-electron chi connectivity index (χ1n) is 8.79. The van der Waals surface area contributed by atoms with Crippen molar-refractivity contribution in [2.24, 2.45) is 0 Å². The Kier molecular flexibility index (Phi) is 5.98. The number of carbonyl (C=O) groups is 2. The Balaban J connectivity index is 1.52. The van der Waals surface area contributed by atoms with E-state index >= 15 is 0 Å². The second kappa shape index (κ2) is 8.41. The number of piperazine rings is 1.